The fourth-order valence-electron chi connectivity index (χ4n) is 2.95. The van der Waals surface area contributed by atoms with E-state index in [1.807, 2.05) is 34.5 Å². The normalized spacial score (nSPS) is 16.1. The number of fused-ring (bicyclic) bond motifs is 3. The number of ether oxygens (including phenoxy) is 2. The minimum Gasteiger partial charge on any atom is -0.506 e. The first-order valence-electron chi connectivity index (χ1n) is 7.83. The molecule has 3 heterocycles. The van der Waals surface area contributed by atoms with E-state index in [2.05, 4.69) is 4.99 Å². The van der Waals surface area contributed by atoms with Crippen LogP contribution in [0.5, 0.6) is 11.5 Å². The van der Waals surface area contributed by atoms with E-state index in [-0.39, 0.29) is 5.76 Å². The fraction of sp³-hybridized carbons (Fsp3) is 0.222. The summed E-state index contributed by atoms with van der Waals surface area (Å²) in [5, 5.41) is 12.3. The first-order valence-corrected chi connectivity index (χ1v) is 8.71. The molecule has 128 valence electrons. The Hall–Kier alpha value is -2.80. The zero-order chi connectivity index (χ0) is 17.4. The molecule has 2 aromatic rings. The molecule has 0 unspecified atom stereocenters. The number of thiophene rings is 1. The van der Waals surface area contributed by atoms with Crippen molar-refractivity contribution in [3.05, 3.63) is 46.2 Å². The third kappa shape index (κ3) is 2.66. The maximum absolute atomic E-state index is 10.4. The summed E-state index contributed by atoms with van der Waals surface area (Å²) in [5.41, 5.74) is 1.66. The van der Waals surface area contributed by atoms with Crippen molar-refractivity contribution in [3.8, 4) is 11.5 Å². The van der Waals surface area contributed by atoms with Gasteiger partial charge < -0.3 is 19.5 Å². The Morgan fingerprint density at radius 2 is 2.08 bits per heavy atom. The van der Waals surface area contributed by atoms with E-state index < -0.39 is 0 Å². The summed E-state index contributed by atoms with van der Waals surface area (Å²) in [7, 11) is 3.21. The number of aliphatic hydroxyl groups is 1. The molecule has 0 saturated heterocycles. The van der Waals surface area contributed by atoms with Crippen LogP contribution in [-0.2, 0) is 0 Å². The van der Waals surface area contributed by atoms with Crippen molar-refractivity contribution in [2.24, 2.45) is 9.98 Å². The van der Waals surface area contributed by atoms with Gasteiger partial charge in [-0.15, -0.1) is 11.3 Å². The molecule has 6 nitrogen and oxygen atoms in total. The second kappa shape index (κ2) is 6.25. The van der Waals surface area contributed by atoms with Gasteiger partial charge in [-0.25, -0.2) is 4.99 Å². The number of aliphatic hydroxyl groups excluding tert-OH is 1. The third-order valence-corrected chi connectivity index (χ3v) is 5.03. The predicted octanol–water partition coefficient (Wildman–Crippen LogP) is 3.47. The van der Waals surface area contributed by atoms with Crippen LogP contribution in [0.1, 0.15) is 10.4 Å². The Morgan fingerprint density at radius 3 is 2.80 bits per heavy atom. The molecule has 2 aliphatic rings. The van der Waals surface area contributed by atoms with E-state index >= 15 is 0 Å². The Bertz CT molecular complexity index is 901. The molecule has 0 saturated carbocycles. The highest BCUT2D eigenvalue weighted by Crippen LogP contribution is 2.38. The number of benzene rings is 1. The molecule has 0 bridgehead atoms. The molecular weight excluding hydrogens is 338 g/mol. The summed E-state index contributed by atoms with van der Waals surface area (Å²) in [5.74, 6) is 2.97. The molecular formula is C18H17N3O3S. The zero-order valence-corrected chi connectivity index (χ0v) is 14.7. The molecule has 0 amide bonds. The quantitative estimate of drug-likeness (QED) is 0.853. The molecule has 1 N–H and O–H groups in total. The molecule has 0 aliphatic carbocycles. The van der Waals surface area contributed by atoms with Crippen molar-refractivity contribution in [3.63, 3.8) is 0 Å². The van der Waals surface area contributed by atoms with Crippen molar-refractivity contribution < 1.29 is 14.6 Å². The number of hydrogen-bond donors (Lipinski definition) is 1. The minimum atomic E-state index is 0.198. The van der Waals surface area contributed by atoms with Crippen LogP contribution in [0.3, 0.4) is 0 Å². The monoisotopic (exact) mass is 355 g/mol. The molecule has 0 radical (unpaired) electrons. The smallest absolute Gasteiger partial charge is 0.162 e. The maximum Gasteiger partial charge on any atom is 0.162 e. The molecule has 0 atom stereocenters. The van der Waals surface area contributed by atoms with Gasteiger partial charge >= 0.3 is 0 Å². The van der Waals surface area contributed by atoms with Crippen LogP contribution in [0.2, 0.25) is 0 Å². The van der Waals surface area contributed by atoms with E-state index in [1.54, 1.807) is 20.3 Å². The second-order valence-electron chi connectivity index (χ2n) is 5.56. The molecule has 0 spiro atoms. The molecule has 1 aromatic heterocycles. The van der Waals surface area contributed by atoms with Gasteiger partial charge in [0.15, 0.2) is 11.5 Å². The summed E-state index contributed by atoms with van der Waals surface area (Å²) in [6.45, 7) is 1.42. The van der Waals surface area contributed by atoms with Crippen LogP contribution in [0, 0.1) is 0 Å². The van der Waals surface area contributed by atoms with Gasteiger partial charge in [0.25, 0.3) is 0 Å². The summed E-state index contributed by atoms with van der Waals surface area (Å²) >= 11 is 1.48. The number of methoxy groups -OCH3 is 2. The van der Waals surface area contributed by atoms with E-state index in [4.69, 9.17) is 14.5 Å². The van der Waals surface area contributed by atoms with Gasteiger partial charge in [0.05, 0.1) is 31.3 Å². The van der Waals surface area contributed by atoms with Crippen LogP contribution in [0.4, 0.5) is 5.69 Å². The molecule has 7 heteroatoms. The van der Waals surface area contributed by atoms with Crippen molar-refractivity contribution in [2.45, 2.75) is 0 Å². The van der Waals surface area contributed by atoms with Gasteiger partial charge in [0.1, 0.15) is 17.4 Å². The topological polar surface area (TPSA) is 66.7 Å². The van der Waals surface area contributed by atoms with Crippen molar-refractivity contribution in [2.75, 3.05) is 27.3 Å². The molecule has 0 fully saturated rings. The highest BCUT2D eigenvalue weighted by molar-refractivity contribution is 7.11. The first-order chi connectivity index (χ1) is 12.2. The third-order valence-electron chi connectivity index (χ3n) is 4.13. The van der Waals surface area contributed by atoms with Crippen LogP contribution < -0.4 is 9.47 Å². The molecule has 4 rings (SSSR count). The van der Waals surface area contributed by atoms with Gasteiger partial charge in [-0.3, -0.25) is 4.99 Å². The SMILES string of the molecule is COc1cc2c(cc1OC)C1=NCCN1C(/C=C(\O)c1cccs1)=N2. The lowest BCUT2D eigenvalue weighted by Crippen LogP contribution is -2.36. The maximum atomic E-state index is 10.4. The standard InChI is InChI=1S/C18H17N3O3S/c1-23-14-8-11-12(9-15(14)24-2)20-17(21-6-5-19-18(11)21)10-13(22)16-4-3-7-25-16/h3-4,7-10,22H,5-6H2,1-2H3/b13-10-. The van der Waals surface area contributed by atoms with Gasteiger partial charge in [-0.05, 0) is 17.5 Å². The lowest BCUT2D eigenvalue weighted by Gasteiger charge is -2.26. The van der Waals surface area contributed by atoms with E-state index in [0.29, 0.717) is 23.9 Å². The van der Waals surface area contributed by atoms with Crippen molar-refractivity contribution in [1.29, 1.82) is 0 Å². The highest BCUT2D eigenvalue weighted by Gasteiger charge is 2.30. The molecule has 2 aliphatic heterocycles. The van der Waals surface area contributed by atoms with E-state index in [9.17, 15) is 5.11 Å². The van der Waals surface area contributed by atoms with Gasteiger partial charge in [0.2, 0.25) is 0 Å². The Balaban J connectivity index is 1.83. The second-order valence-corrected chi connectivity index (χ2v) is 6.51. The lowest BCUT2D eigenvalue weighted by atomic mass is 10.1. The Labute approximate surface area is 149 Å². The van der Waals surface area contributed by atoms with Crippen LogP contribution >= 0.6 is 11.3 Å². The highest BCUT2D eigenvalue weighted by atomic mass is 32.1. The largest absolute Gasteiger partial charge is 0.506 e. The Kier molecular flexibility index (Phi) is 3.93. The van der Waals surface area contributed by atoms with Crippen molar-refractivity contribution >= 4 is 34.5 Å². The van der Waals surface area contributed by atoms with Gasteiger partial charge in [-0.2, -0.15) is 0 Å². The van der Waals surface area contributed by atoms with Gasteiger partial charge in [0, 0.05) is 24.3 Å². The summed E-state index contributed by atoms with van der Waals surface area (Å²) in [6.07, 6.45) is 1.69. The molecule has 1 aromatic carbocycles. The van der Waals surface area contributed by atoms with Crippen LogP contribution in [-0.4, -0.2) is 49.0 Å². The Morgan fingerprint density at radius 1 is 1.28 bits per heavy atom. The summed E-state index contributed by atoms with van der Waals surface area (Å²) in [4.78, 5) is 12.1. The lowest BCUT2D eigenvalue weighted by molar-refractivity contribution is 0.355. The van der Waals surface area contributed by atoms with E-state index in [1.165, 1.54) is 11.3 Å². The predicted molar refractivity (Wildman–Crippen MR) is 99.7 cm³/mol. The number of aliphatic imine (C=N–C) groups is 2. The number of rotatable bonds is 4. The fourth-order valence-corrected chi connectivity index (χ4v) is 3.59. The summed E-state index contributed by atoms with van der Waals surface area (Å²) in [6, 6.07) is 7.51. The van der Waals surface area contributed by atoms with E-state index in [0.717, 1.165) is 28.5 Å². The van der Waals surface area contributed by atoms with Gasteiger partial charge in [-0.1, -0.05) is 6.07 Å². The number of nitrogens with zero attached hydrogens (tertiary/aromatic N) is 3. The minimum absolute atomic E-state index is 0.198. The first kappa shape index (κ1) is 15.7. The van der Waals surface area contributed by atoms with Crippen LogP contribution in [0.15, 0.2) is 45.7 Å². The average Bonchev–Trinajstić information content (AvgIpc) is 3.32. The van der Waals surface area contributed by atoms with Crippen molar-refractivity contribution in [1.82, 2.24) is 4.90 Å². The average molecular weight is 355 g/mol. The summed E-state index contributed by atoms with van der Waals surface area (Å²) < 4.78 is 10.8. The number of amidine groups is 2. The zero-order valence-electron chi connectivity index (χ0n) is 13.9. The molecule has 25 heavy (non-hydrogen) atoms. The van der Waals surface area contributed by atoms with Crippen LogP contribution in [0.25, 0.3) is 5.76 Å². The number of hydrogen-bond acceptors (Lipinski definition) is 7.